The Morgan fingerprint density at radius 2 is 2.23 bits per heavy atom. The van der Waals surface area contributed by atoms with Gasteiger partial charge >= 0.3 is 6.09 Å². The van der Waals surface area contributed by atoms with Crippen molar-refractivity contribution in [3.8, 4) is 0 Å². The molecule has 1 aromatic rings. The fourth-order valence-corrected chi connectivity index (χ4v) is 2.59. The molecule has 0 bridgehead atoms. The smallest absolute Gasteiger partial charge is 0.410 e. The Balaban J connectivity index is 1.90. The van der Waals surface area contributed by atoms with Crippen LogP contribution in [0.1, 0.15) is 58.8 Å². The summed E-state index contributed by atoms with van der Waals surface area (Å²) < 4.78 is 16.7. The van der Waals surface area contributed by atoms with E-state index in [1.54, 1.807) is 6.26 Å². The topological polar surface area (TPSA) is 51.9 Å². The lowest BCUT2D eigenvalue weighted by Gasteiger charge is -2.36. The Morgan fingerprint density at radius 1 is 1.45 bits per heavy atom. The lowest BCUT2D eigenvalue weighted by atomic mass is 10.0. The minimum absolute atomic E-state index is 0.0704. The van der Waals surface area contributed by atoms with Crippen LogP contribution in [0.5, 0.6) is 0 Å². The number of piperidine rings is 1. The number of nitrogens with zero attached hydrogens (tertiary/aromatic N) is 1. The van der Waals surface area contributed by atoms with Crippen LogP contribution in [0.15, 0.2) is 22.8 Å². The Morgan fingerprint density at radius 3 is 2.86 bits per heavy atom. The van der Waals surface area contributed by atoms with E-state index in [1.807, 2.05) is 44.7 Å². The third-order valence-corrected chi connectivity index (χ3v) is 3.74. The highest BCUT2D eigenvalue weighted by atomic mass is 16.6. The molecule has 22 heavy (non-hydrogen) atoms. The normalized spacial score (nSPS) is 20.7. The number of likely N-dealkylation sites (tertiary alicyclic amines) is 1. The molecular formula is C17H27NO4. The summed E-state index contributed by atoms with van der Waals surface area (Å²) in [7, 11) is 0. The molecular weight excluding hydrogens is 282 g/mol. The summed E-state index contributed by atoms with van der Waals surface area (Å²) in [6, 6.07) is 3.82. The van der Waals surface area contributed by atoms with Gasteiger partial charge in [-0.05, 0) is 59.1 Å². The van der Waals surface area contributed by atoms with Crippen molar-refractivity contribution in [3.05, 3.63) is 24.2 Å². The molecule has 124 valence electrons. The predicted molar refractivity (Wildman–Crippen MR) is 83.7 cm³/mol. The molecule has 2 unspecified atom stereocenters. The zero-order valence-corrected chi connectivity index (χ0v) is 14.0. The number of hydrogen-bond acceptors (Lipinski definition) is 4. The first-order valence-corrected chi connectivity index (χ1v) is 8.01. The van der Waals surface area contributed by atoms with E-state index in [2.05, 4.69) is 0 Å². The van der Waals surface area contributed by atoms with E-state index < -0.39 is 5.60 Å². The molecule has 1 aromatic heterocycles. The van der Waals surface area contributed by atoms with E-state index in [1.165, 1.54) is 0 Å². The van der Waals surface area contributed by atoms with Crippen LogP contribution in [0.4, 0.5) is 4.79 Å². The predicted octanol–water partition coefficient (Wildman–Crippen LogP) is 4.15. The van der Waals surface area contributed by atoms with Crippen LogP contribution in [-0.4, -0.2) is 35.8 Å². The number of ether oxygens (including phenoxy) is 2. The summed E-state index contributed by atoms with van der Waals surface area (Å²) >= 11 is 0. The van der Waals surface area contributed by atoms with Gasteiger partial charge in [0.2, 0.25) is 0 Å². The largest absolute Gasteiger partial charge is 0.467 e. The highest BCUT2D eigenvalue weighted by Gasteiger charge is 2.31. The molecule has 0 radical (unpaired) electrons. The maximum atomic E-state index is 12.3. The second-order valence-electron chi connectivity index (χ2n) is 6.81. The zero-order chi connectivity index (χ0) is 16.2. The Bertz CT molecular complexity index is 464. The summed E-state index contributed by atoms with van der Waals surface area (Å²) in [6.45, 7) is 8.86. The van der Waals surface area contributed by atoms with Gasteiger partial charge in [0.25, 0.3) is 0 Å². The molecule has 1 amide bonds. The first-order valence-electron chi connectivity index (χ1n) is 8.01. The quantitative estimate of drug-likeness (QED) is 0.838. The average Bonchev–Trinajstić information content (AvgIpc) is 2.97. The molecule has 0 N–H and O–H groups in total. The molecule has 5 heteroatoms. The van der Waals surface area contributed by atoms with Gasteiger partial charge < -0.3 is 18.8 Å². The summed E-state index contributed by atoms with van der Waals surface area (Å²) in [4.78, 5) is 14.1. The molecule has 2 atom stereocenters. The minimum Gasteiger partial charge on any atom is -0.467 e. The average molecular weight is 309 g/mol. The lowest BCUT2D eigenvalue weighted by Crippen LogP contribution is -2.48. The molecule has 5 nitrogen and oxygen atoms in total. The molecule has 0 saturated carbocycles. The minimum atomic E-state index is -0.471. The van der Waals surface area contributed by atoms with Gasteiger partial charge in [-0.15, -0.1) is 0 Å². The maximum absolute atomic E-state index is 12.3. The summed E-state index contributed by atoms with van der Waals surface area (Å²) in [5, 5.41) is 0. The van der Waals surface area contributed by atoms with Crippen LogP contribution in [0.2, 0.25) is 0 Å². The van der Waals surface area contributed by atoms with Crippen LogP contribution in [0.3, 0.4) is 0 Å². The lowest BCUT2D eigenvalue weighted by molar-refractivity contribution is -0.0248. The van der Waals surface area contributed by atoms with Crippen molar-refractivity contribution in [1.29, 1.82) is 0 Å². The van der Waals surface area contributed by atoms with E-state index in [-0.39, 0.29) is 18.2 Å². The van der Waals surface area contributed by atoms with Gasteiger partial charge in [-0.3, -0.25) is 0 Å². The van der Waals surface area contributed by atoms with Crippen molar-refractivity contribution in [3.63, 3.8) is 0 Å². The molecule has 1 fully saturated rings. The third-order valence-electron chi connectivity index (χ3n) is 3.74. The Kier molecular flexibility index (Phi) is 5.51. The van der Waals surface area contributed by atoms with Crippen LogP contribution >= 0.6 is 0 Å². The van der Waals surface area contributed by atoms with Crippen molar-refractivity contribution >= 4 is 6.09 Å². The van der Waals surface area contributed by atoms with Gasteiger partial charge in [-0.25, -0.2) is 4.79 Å². The number of carbonyl (C=O) groups excluding carboxylic acids is 1. The second kappa shape index (κ2) is 7.18. The SMILES string of the molecule is CC(OCC1CCCCN1C(=O)OC(C)(C)C)c1ccco1. The van der Waals surface area contributed by atoms with Crippen LogP contribution in [-0.2, 0) is 9.47 Å². The van der Waals surface area contributed by atoms with E-state index in [0.717, 1.165) is 31.6 Å². The summed E-state index contributed by atoms with van der Waals surface area (Å²) in [6.07, 6.45) is 4.36. The van der Waals surface area contributed by atoms with E-state index in [0.29, 0.717) is 6.61 Å². The van der Waals surface area contributed by atoms with Gasteiger partial charge in [-0.2, -0.15) is 0 Å². The van der Waals surface area contributed by atoms with Crippen molar-refractivity contribution in [2.24, 2.45) is 0 Å². The standard InChI is InChI=1S/C17H27NO4/c1-13(15-9-7-11-20-15)21-12-14-8-5-6-10-18(14)16(19)22-17(2,3)4/h7,9,11,13-14H,5-6,8,10,12H2,1-4H3. The highest BCUT2D eigenvalue weighted by Crippen LogP contribution is 2.23. The molecule has 2 heterocycles. The first kappa shape index (κ1) is 16.9. The second-order valence-corrected chi connectivity index (χ2v) is 6.81. The fourth-order valence-electron chi connectivity index (χ4n) is 2.59. The fraction of sp³-hybridized carbons (Fsp3) is 0.706. The molecule has 2 rings (SSSR count). The van der Waals surface area contributed by atoms with Crippen LogP contribution in [0.25, 0.3) is 0 Å². The molecule has 0 spiro atoms. The van der Waals surface area contributed by atoms with Crippen molar-refractivity contribution in [2.45, 2.75) is 64.7 Å². The summed E-state index contributed by atoms with van der Waals surface area (Å²) in [5.74, 6) is 0.805. The number of rotatable bonds is 4. The summed E-state index contributed by atoms with van der Waals surface area (Å²) in [5.41, 5.74) is -0.471. The molecule has 1 aliphatic rings. The van der Waals surface area contributed by atoms with Gasteiger partial charge in [-0.1, -0.05) is 0 Å². The number of amides is 1. The number of carbonyl (C=O) groups is 1. The Labute approximate surface area is 132 Å². The molecule has 1 aliphatic heterocycles. The monoisotopic (exact) mass is 309 g/mol. The molecule has 1 saturated heterocycles. The number of hydrogen-bond donors (Lipinski definition) is 0. The van der Waals surface area contributed by atoms with Crippen molar-refractivity contribution < 1.29 is 18.7 Å². The van der Waals surface area contributed by atoms with Crippen LogP contribution in [0, 0.1) is 0 Å². The van der Waals surface area contributed by atoms with Gasteiger partial charge in [0.05, 0.1) is 18.9 Å². The molecule has 0 aromatic carbocycles. The number of furan rings is 1. The zero-order valence-electron chi connectivity index (χ0n) is 14.0. The maximum Gasteiger partial charge on any atom is 0.410 e. The third kappa shape index (κ3) is 4.77. The highest BCUT2D eigenvalue weighted by molar-refractivity contribution is 5.68. The Hall–Kier alpha value is -1.49. The van der Waals surface area contributed by atoms with E-state index in [4.69, 9.17) is 13.9 Å². The molecule has 0 aliphatic carbocycles. The van der Waals surface area contributed by atoms with E-state index >= 15 is 0 Å². The van der Waals surface area contributed by atoms with Crippen molar-refractivity contribution in [1.82, 2.24) is 4.90 Å². The van der Waals surface area contributed by atoms with Gasteiger partial charge in [0, 0.05) is 6.54 Å². The van der Waals surface area contributed by atoms with E-state index in [9.17, 15) is 4.79 Å². The van der Waals surface area contributed by atoms with Crippen molar-refractivity contribution in [2.75, 3.05) is 13.2 Å². The van der Waals surface area contributed by atoms with Gasteiger partial charge in [0.15, 0.2) is 0 Å². The van der Waals surface area contributed by atoms with Gasteiger partial charge in [0.1, 0.15) is 17.5 Å². The first-order chi connectivity index (χ1) is 10.4. The van der Waals surface area contributed by atoms with Crippen LogP contribution < -0.4 is 0 Å².